The maximum atomic E-state index is 10.7. The molecule has 0 amide bonds. The van der Waals surface area contributed by atoms with Gasteiger partial charge in [0.2, 0.25) is 0 Å². The zero-order valence-electron chi connectivity index (χ0n) is 11.9. The van der Waals surface area contributed by atoms with Gasteiger partial charge in [0, 0.05) is 17.1 Å². The summed E-state index contributed by atoms with van der Waals surface area (Å²) in [5.74, 6) is 0.910. The largest absolute Gasteiger partial charge is 0.497 e. The summed E-state index contributed by atoms with van der Waals surface area (Å²) in [7, 11) is 1.66. The molecule has 3 nitrogen and oxygen atoms in total. The van der Waals surface area contributed by atoms with Crippen molar-refractivity contribution in [3.63, 3.8) is 0 Å². The van der Waals surface area contributed by atoms with Gasteiger partial charge in [-0.15, -0.1) is 11.8 Å². The zero-order chi connectivity index (χ0) is 15.1. The molecule has 0 aliphatic carbocycles. The van der Waals surface area contributed by atoms with E-state index in [1.54, 1.807) is 18.9 Å². The van der Waals surface area contributed by atoms with Crippen molar-refractivity contribution in [3.8, 4) is 5.75 Å². The van der Waals surface area contributed by atoms with E-state index >= 15 is 0 Å². The van der Waals surface area contributed by atoms with E-state index in [1.807, 2.05) is 42.5 Å². The fourth-order valence-corrected chi connectivity index (χ4v) is 3.01. The predicted octanol–water partition coefficient (Wildman–Crippen LogP) is 4.00. The fraction of sp³-hybridized carbons (Fsp3) is 0.235. The summed E-state index contributed by atoms with van der Waals surface area (Å²) < 4.78 is 5.22. The summed E-state index contributed by atoms with van der Waals surface area (Å²) >= 11 is 1.72. The molecule has 2 rings (SSSR count). The highest BCUT2D eigenvalue weighted by atomic mass is 32.2. The highest BCUT2D eigenvalue weighted by molar-refractivity contribution is 7.98. The Bertz CT molecular complexity index is 610. The molecule has 0 aromatic heterocycles. The smallest absolute Gasteiger partial charge is 0.303 e. The predicted molar refractivity (Wildman–Crippen MR) is 85.0 cm³/mol. The number of rotatable bonds is 7. The molecule has 0 unspecified atom stereocenters. The van der Waals surface area contributed by atoms with E-state index < -0.39 is 5.97 Å². The lowest BCUT2D eigenvalue weighted by atomic mass is 10.0. The van der Waals surface area contributed by atoms with Crippen molar-refractivity contribution < 1.29 is 14.6 Å². The van der Waals surface area contributed by atoms with Crippen LogP contribution in [0.2, 0.25) is 0 Å². The van der Waals surface area contributed by atoms with E-state index in [1.165, 1.54) is 5.56 Å². The number of hydrogen-bond donors (Lipinski definition) is 1. The molecule has 4 heteroatoms. The molecule has 2 aromatic carbocycles. The molecule has 0 heterocycles. The van der Waals surface area contributed by atoms with E-state index in [2.05, 4.69) is 6.07 Å². The van der Waals surface area contributed by atoms with Crippen LogP contribution >= 0.6 is 11.8 Å². The number of hydrogen-bond acceptors (Lipinski definition) is 3. The van der Waals surface area contributed by atoms with Gasteiger partial charge < -0.3 is 9.84 Å². The molecular formula is C17H18O3S. The van der Waals surface area contributed by atoms with Crippen LogP contribution in [0.15, 0.2) is 53.4 Å². The number of carbonyl (C=O) groups is 1. The molecule has 1 N–H and O–H groups in total. The number of methoxy groups -OCH3 is 1. The third-order valence-corrected chi connectivity index (χ3v) is 4.20. The Balaban J connectivity index is 2.03. The molecule has 21 heavy (non-hydrogen) atoms. The maximum Gasteiger partial charge on any atom is 0.303 e. The Labute approximate surface area is 129 Å². The van der Waals surface area contributed by atoms with E-state index in [9.17, 15) is 4.79 Å². The first-order valence-corrected chi connectivity index (χ1v) is 7.73. The van der Waals surface area contributed by atoms with Crippen molar-refractivity contribution in [2.24, 2.45) is 0 Å². The maximum absolute atomic E-state index is 10.7. The quantitative estimate of drug-likeness (QED) is 0.785. The zero-order valence-corrected chi connectivity index (χ0v) is 12.7. The van der Waals surface area contributed by atoms with Crippen molar-refractivity contribution in [3.05, 3.63) is 59.7 Å². The average Bonchev–Trinajstić information content (AvgIpc) is 2.52. The van der Waals surface area contributed by atoms with Gasteiger partial charge in [-0.1, -0.05) is 30.3 Å². The lowest BCUT2D eigenvalue weighted by molar-refractivity contribution is -0.136. The Morgan fingerprint density at radius 3 is 2.62 bits per heavy atom. The first kappa shape index (κ1) is 15.4. The summed E-state index contributed by atoms with van der Waals surface area (Å²) in [5.41, 5.74) is 2.29. The summed E-state index contributed by atoms with van der Waals surface area (Å²) in [6.45, 7) is 0. The topological polar surface area (TPSA) is 46.5 Å². The van der Waals surface area contributed by atoms with Crippen molar-refractivity contribution in [2.45, 2.75) is 23.5 Å². The van der Waals surface area contributed by atoms with Crippen LogP contribution in [-0.2, 0) is 17.0 Å². The molecule has 2 aromatic rings. The molecule has 0 saturated heterocycles. The monoisotopic (exact) mass is 302 g/mol. The Kier molecular flexibility index (Phi) is 5.69. The molecule has 0 fully saturated rings. The number of carboxylic acids is 1. The lowest BCUT2D eigenvalue weighted by Crippen LogP contribution is -2.00. The van der Waals surface area contributed by atoms with Gasteiger partial charge in [0.1, 0.15) is 5.75 Å². The SMILES string of the molecule is COc1cccc(SCc2ccccc2CCC(=O)O)c1. The number of carboxylic acid groups (broad SMARTS) is 1. The van der Waals surface area contributed by atoms with Gasteiger partial charge in [-0.2, -0.15) is 0 Å². The van der Waals surface area contributed by atoms with Crippen LogP contribution in [0.5, 0.6) is 5.75 Å². The van der Waals surface area contributed by atoms with Crippen molar-refractivity contribution in [1.82, 2.24) is 0 Å². The van der Waals surface area contributed by atoms with Gasteiger partial charge in [0.05, 0.1) is 7.11 Å². The van der Waals surface area contributed by atoms with Crippen molar-refractivity contribution >= 4 is 17.7 Å². The molecule has 0 aliphatic rings. The number of thioether (sulfide) groups is 1. The summed E-state index contributed by atoms with van der Waals surface area (Å²) in [5, 5.41) is 8.81. The Morgan fingerprint density at radius 2 is 1.90 bits per heavy atom. The van der Waals surface area contributed by atoms with Crippen LogP contribution in [0.4, 0.5) is 0 Å². The summed E-state index contributed by atoms with van der Waals surface area (Å²) in [6, 6.07) is 16.0. The average molecular weight is 302 g/mol. The Morgan fingerprint density at radius 1 is 1.14 bits per heavy atom. The van der Waals surface area contributed by atoms with Crippen LogP contribution in [-0.4, -0.2) is 18.2 Å². The molecule has 0 spiro atoms. The minimum atomic E-state index is -0.759. The van der Waals surface area contributed by atoms with Gasteiger partial charge in [-0.25, -0.2) is 0 Å². The van der Waals surface area contributed by atoms with E-state index in [0.29, 0.717) is 6.42 Å². The molecule has 0 aliphatic heterocycles. The van der Waals surface area contributed by atoms with Gasteiger partial charge in [-0.05, 0) is 35.7 Å². The minimum absolute atomic E-state index is 0.167. The molecule has 110 valence electrons. The van der Waals surface area contributed by atoms with Gasteiger partial charge in [0.15, 0.2) is 0 Å². The second-order valence-corrected chi connectivity index (χ2v) is 5.68. The number of benzene rings is 2. The highest BCUT2D eigenvalue weighted by Gasteiger charge is 2.06. The van der Waals surface area contributed by atoms with Crippen molar-refractivity contribution in [1.29, 1.82) is 0 Å². The first-order chi connectivity index (χ1) is 10.2. The summed E-state index contributed by atoms with van der Waals surface area (Å²) in [6.07, 6.45) is 0.741. The van der Waals surface area contributed by atoms with Gasteiger partial charge >= 0.3 is 5.97 Å². The molecule has 0 atom stereocenters. The van der Waals surface area contributed by atoms with E-state index in [4.69, 9.17) is 9.84 Å². The first-order valence-electron chi connectivity index (χ1n) is 6.74. The second kappa shape index (κ2) is 7.74. The number of aliphatic carboxylic acids is 1. The standard InChI is InChI=1S/C17H18O3S/c1-20-15-7-4-8-16(11-15)21-12-14-6-3-2-5-13(14)9-10-17(18)19/h2-8,11H,9-10,12H2,1H3,(H,18,19). The van der Waals surface area contributed by atoms with Crippen LogP contribution < -0.4 is 4.74 Å². The number of ether oxygens (including phenoxy) is 1. The van der Waals surface area contributed by atoms with Crippen LogP contribution in [0.25, 0.3) is 0 Å². The van der Waals surface area contributed by atoms with E-state index in [-0.39, 0.29) is 6.42 Å². The third-order valence-electron chi connectivity index (χ3n) is 3.16. The summed E-state index contributed by atoms with van der Waals surface area (Å²) in [4.78, 5) is 11.9. The fourth-order valence-electron chi connectivity index (χ4n) is 2.04. The number of aryl methyl sites for hydroxylation is 1. The van der Waals surface area contributed by atoms with Crippen molar-refractivity contribution in [2.75, 3.05) is 7.11 Å². The third kappa shape index (κ3) is 4.83. The lowest BCUT2D eigenvalue weighted by Gasteiger charge is -2.09. The van der Waals surface area contributed by atoms with Crippen LogP contribution in [0.1, 0.15) is 17.5 Å². The molecular weight excluding hydrogens is 284 g/mol. The van der Waals surface area contributed by atoms with Crippen LogP contribution in [0.3, 0.4) is 0 Å². The normalized spacial score (nSPS) is 10.3. The minimum Gasteiger partial charge on any atom is -0.497 e. The molecule has 0 bridgehead atoms. The second-order valence-electron chi connectivity index (χ2n) is 4.63. The molecule has 0 saturated carbocycles. The Hall–Kier alpha value is -1.94. The molecule has 0 radical (unpaired) electrons. The van der Waals surface area contributed by atoms with Gasteiger partial charge in [0.25, 0.3) is 0 Å². The van der Waals surface area contributed by atoms with E-state index in [0.717, 1.165) is 22.0 Å². The van der Waals surface area contributed by atoms with Crippen LogP contribution in [0, 0.1) is 0 Å². The highest BCUT2D eigenvalue weighted by Crippen LogP contribution is 2.27. The van der Waals surface area contributed by atoms with Gasteiger partial charge in [-0.3, -0.25) is 4.79 Å².